The maximum Gasteiger partial charge on any atom is 0.261 e. The second-order valence-corrected chi connectivity index (χ2v) is 6.38. The van der Waals surface area contributed by atoms with Gasteiger partial charge in [0.15, 0.2) is 0 Å². The van der Waals surface area contributed by atoms with Gasteiger partial charge >= 0.3 is 0 Å². The fourth-order valence-electron chi connectivity index (χ4n) is 3.17. The van der Waals surface area contributed by atoms with Gasteiger partial charge in [-0.1, -0.05) is 25.1 Å². The zero-order valence-corrected chi connectivity index (χ0v) is 14.8. The first kappa shape index (κ1) is 18.2. The molecule has 0 spiro atoms. The molecule has 1 atom stereocenters. The Kier molecular flexibility index (Phi) is 5.75. The Labute approximate surface area is 153 Å². The van der Waals surface area contributed by atoms with Crippen LogP contribution in [0.1, 0.15) is 33.3 Å². The number of pyridine rings is 1. The molecule has 6 heteroatoms. The fourth-order valence-corrected chi connectivity index (χ4v) is 3.17. The van der Waals surface area contributed by atoms with Crippen LogP contribution in [-0.4, -0.2) is 64.0 Å². The minimum atomic E-state index is -0.791. The number of rotatable bonds is 8. The molecule has 1 N–H and O–H groups in total. The summed E-state index contributed by atoms with van der Waals surface area (Å²) in [5.74, 6) is -0.664. The first-order valence-corrected chi connectivity index (χ1v) is 8.85. The second kappa shape index (κ2) is 8.21. The number of nitrogens with zero attached hydrogens (tertiary/aromatic N) is 3. The van der Waals surface area contributed by atoms with Crippen molar-refractivity contribution in [2.45, 2.75) is 19.4 Å². The van der Waals surface area contributed by atoms with Gasteiger partial charge in [-0.15, -0.1) is 0 Å². The maximum absolute atomic E-state index is 12.4. The zero-order valence-electron chi connectivity index (χ0n) is 14.8. The highest BCUT2D eigenvalue weighted by atomic mass is 16.3. The lowest BCUT2D eigenvalue weighted by molar-refractivity contribution is 0.0479. The van der Waals surface area contributed by atoms with E-state index in [0.29, 0.717) is 17.7 Å². The highest BCUT2D eigenvalue weighted by molar-refractivity contribution is 6.21. The summed E-state index contributed by atoms with van der Waals surface area (Å²) in [5, 5.41) is 10.4. The summed E-state index contributed by atoms with van der Waals surface area (Å²) in [7, 11) is 0. The highest BCUT2D eigenvalue weighted by Gasteiger charge is 2.36. The first-order chi connectivity index (χ1) is 12.6. The van der Waals surface area contributed by atoms with Gasteiger partial charge in [0.05, 0.1) is 23.8 Å². The Morgan fingerprint density at radius 1 is 1.08 bits per heavy atom. The molecule has 2 aromatic rings. The number of hydrogen-bond acceptors (Lipinski definition) is 5. The van der Waals surface area contributed by atoms with E-state index in [4.69, 9.17) is 0 Å². The van der Waals surface area contributed by atoms with E-state index in [1.54, 1.807) is 30.5 Å². The molecule has 1 aliphatic heterocycles. The summed E-state index contributed by atoms with van der Waals surface area (Å²) >= 11 is 0. The number of hydrogen-bond donors (Lipinski definition) is 1. The molecular weight excluding hydrogens is 330 g/mol. The third kappa shape index (κ3) is 3.98. The maximum atomic E-state index is 12.4. The summed E-state index contributed by atoms with van der Waals surface area (Å²) in [6.45, 7) is 3.95. The van der Waals surface area contributed by atoms with Crippen molar-refractivity contribution in [1.29, 1.82) is 0 Å². The van der Waals surface area contributed by atoms with Crippen LogP contribution in [0.2, 0.25) is 0 Å². The normalized spacial score (nSPS) is 14.8. The van der Waals surface area contributed by atoms with Crippen LogP contribution >= 0.6 is 0 Å². The molecule has 0 saturated heterocycles. The van der Waals surface area contributed by atoms with Crippen molar-refractivity contribution in [3.05, 3.63) is 65.5 Å². The zero-order chi connectivity index (χ0) is 18.5. The number of imide groups is 1. The van der Waals surface area contributed by atoms with E-state index in [9.17, 15) is 14.7 Å². The van der Waals surface area contributed by atoms with Gasteiger partial charge in [-0.3, -0.25) is 19.5 Å². The van der Waals surface area contributed by atoms with Crippen molar-refractivity contribution in [3.63, 3.8) is 0 Å². The SMILES string of the molecule is CCN(CCc1ccccn1)CC(O)CN1C(=O)c2ccccc2C1=O. The van der Waals surface area contributed by atoms with Gasteiger partial charge in [-0.05, 0) is 30.8 Å². The number of aromatic nitrogens is 1. The molecule has 0 radical (unpaired) electrons. The molecule has 0 fully saturated rings. The number of benzene rings is 1. The topological polar surface area (TPSA) is 73.7 Å². The second-order valence-electron chi connectivity index (χ2n) is 6.38. The Morgan fingerprint density at radius 2 is 1.73 bits per heavy atom. The third-order valence-corrected chi connectivity index (χ3v) is 4.60. The van der Waals surface area contributed by atoms with Crippen LogP contribution in [0.4, 0.5) is 0 Å². The van der Waals surface area contributed by atoms with E-state index in [-0.39, 0.29) is 18.4 Å². The van der Waals surface area contributed by atoms with E-state index >= 15 is 0 Å². The van der Waals surface area contributed by atoms with Crippen LogP contribution in [0.3, 0.4) is 0 Å². The van der Waals surface area contributed by atoms with Crippen molar-refractivity contribution in [1.82, 2.24) is 14.8 Å². The number of aliphatic hydroxyl groups excluding tert-OH is 1. The molecule has 6 nitrogen and oxygen atoms in total. The largest absolute Gasteiger partial charge is 0.390 e. The van der Waals surface area contributed by atoms with Gasteiger partial charge in [-0.2, -0.15) is 0 Å². The average Bonchev–Trinajstić information content (AvgIpc) is 2.91. The summed E-state index contributed by atoms with van der Waals surface area (Å²) in [6.07, 6.45) is 1.76. The van der Waals surface area contributed by atoms with Crippen LogP contribution in [0.5, 0.6) is 0 Å². The van der Waals surface area contributed by atoms with E-state index < -0.39 is 6.10 Å². The molecular formula is C20H23N3O3. The lowest BCUT2D eigenvalue weighted by atomic mass is 10.1. The van der Waals surface area contributed by atoms with E-state index in [1.165, 1.54) is 0 Å². The van der Waals surface area contributed by atoms with E-state index in [1.807, 2.05) is 25.1 Å². The molecule has 0 saturated carbocycles. The van der Waals surface area contributed by atoms with Crippen LogP contribution in [0.25, 0.3) is 0 Å². The standard InChI is InChI=1S/C20H23N3O3/c1-2-22(12-10-15-7-5-6-11-21-15)13-16(24)14-23-19(25)17-8-3-4-9-18(17)20(23)26/h3-9,11,16,24H,2,10,12-14H2,1H3. The predicted molar refractivity (Wildman–Crippen MR) is 97.9 cm³/mol. The molecule has 26 heavy (non-hydrogen) atoms. The minimum Gasteiger partial charge on any atom is -0.390 e. The van der Waals surface area contributed by atoms with Crippen LogP contribution < -0.4 is 0 Å². The fraction of sp³-hybridized carbons (Fsp3) is 0.350. The molecule has 1 aliphatic rings. The summed E-state index contributed by atoms with van der Waals surface area (Å²) in [4.78, 5) is 32.3. The summed E-state index contributed by atoms with van der Waals surface area (Å²) in [6, 6.07) is 12.6. The third-order valence-electron chi connectivity index (χ3n) is 4.60. The lowest BCUT2D eigenvalue weighted by Crippen LogP contribution is -2.43. The minimum absolute atomic E-state index is 0.00638. The molecule has 1 aromatic carbocycles. The lowest BCUT2D eigenvalue weighted by Gasteiger charge is -2.25. The van der Waals surface area contributed by atoms with Crippen molar-refractivity contribution in [3.8, 4) is 0 Å². The molecule has 0 bridgehead atoms. The number of β-amino-alcohol motifs (C(OH)–C–C–N with tert-alkyl or cyclic N) is 1. The van der Waals surface area contributed by atoms with Crippen LogP contribution in [0, 0.1) is 0 Å². The summed E-state index contributed by atoms with van der Waals surface area (Å²) in [5.41, 5.74) is 1.82. The molecule has 0 aliphatic carbocycles. The molecule has 2 amide bonds. The van der Waals surface area contributed by atoms with Gasteiger partial charge < -0.3 is 10.0 Å². The number of carbonyl (C=O) groups excluding carboxylic acids is 2. The number of amides is 2. The molecule has 2 heterocycles. The summed E-state index contributed by atoms with van der Waals surface area (Å²) < 4.78 is 0. The number of fused-ring (bicyclic) bond motifs is 1. The Balaban J connectivity index is 1.55. The van der Waals surface area contributed by atoms with Gasteiger partial charge in [0.1, 0.15) is 0 Å². The Hall–Kier alpha value is -2.57. The van der Waals surface area contributed by atoms with Crippen molar-refractivity contribution in [2.75, 3.05) is 26.2 Å². The number of likely N-dealkylation sites (N-methyl/N-ethyl adjacent to an activating group) is 1. The number of carbonyl (C=O) groups is 2. The van der Waals surface area contributed by atoms with Crippen LogP contribution in [0.15, 0.2) is 48.7 Å². The van der Waals surface area contributed by atoms with Crippen LogP contribution in [-0.2, 0) is 6.42 Å². The predicted octanol–water partition coefficient (Wildman–Crippen LogP) is 1.60. The monoisotopic (exact) mass is 353 g/mol. The molecule has 1 aromatic heterocycles. The van der Waals surface area contributed by atoms with Gasteiger partial charge in [-0.25, -0.2) is 0 Å². The average molecular weight is 353 g/mol. The first-order valence-electron chi connectivity index (χ1n) is 8.85. The van der Waals surface area contributed by atoms with Crippen molar-refractivity contribution >= 4 is 11.8 Å². The Bertz CT molecular complexity index is 744. The van der Waals surface area contributed by atoms with E-state index in [2.05, 4.69) is 9.88 Å². The van der Waals surface area contributed by atoms with Crippen molar-refractivity contribution in [2.24, 2.45) is 0 Å². The van der Waals surface area contributed by atoms with Gasteiger partial charge in [0.2, 0.25) is 0 Å². The van der Waals surface area contributed by atoms with Crippen molar-refractivity contribution < 1.29 is 14.7 Å². The van der Waals surface area contributed by atoms with E-state index in [0.717, 1.165) is 30.1 Å². The molecule has 1 unspecified atom stereocenters. The van der Waals surface area contributed by atoms with Gasteiger partial charge in [0, 0.05) is 31.4 Å². The van der Waals surface area contributed by atoms with Gasteiger partial charge in [0.25, 0.3) is 11.8 Å². The molecule has 136 valence electrons. The molecule has 3 rings (SSSR count). The Morgan fingerprint density at radius 3 is 2.31 bits per heavy atom. The quantitative estimate of drug-likeness (QED) is 0.730. The smallest absolute Gasteiger partial charge is 0.261 e. The highest BCUT2D eigenvalue weighted by Crippen LogP contribution is 2.22. The number of aliphatic hydroxyl groups is 1.